The standard InChI is InChI=1S/C14H15N3O2/c1-2-11(15-6-1)13-16-14(19-17-13)10-3-4-12-9(8-10)5-7-18-12/h3-4,8,11,15H,1-2,5-7H2. The molecule has 98 valence electrons. The van der Waals surface area contributed by atoms with Gasteiger partial charge in [0.05, 0.1) is 12.6 Å². The molecule has 3 heterocycles. The first-order valence-corrected chi connectivity index (χ1v) is 6.73. The third-order valence-corrected chi connectivity index (χ3v) is 3.75. The molecule has 0 aliphatic carbocycles. The summed E-state index contributed by atoms with van der Waals surface area (Å²) in [5.74, 6) is 2.34. The van der Waals surface area contributed by atoms with E-state index >= 15 is 0 Å². The van der Waals surface area contributed by atoms with Crippen LogP contribution in [-0.2, 0) is 6.42 Å². The predicted octanol–water partition coefficient (Wildman–Crippen LogP) is 2.10. The molecular weight excluding hydrogens is 242 g/mol. The summed E-state index contributed by atoms with van der Waals surface area (Å²) in [6.45, 7) is 1.80. The molecule has 1 N–H and O–H groups in total. The van der Waals surface area contributed by atoms with Crippen molar-refractivity contribution in [3.8, 4) is 17.2 Å². The van der Waals surface area contributed by atoms with Crippen molar-refractivity contribution < 1.29 is 9.26 Å². The molecule has 2 aliphatic rings. The van der Waals surface area contributed by atoms with Crippen LogP contribution in [0.2, 0.25) is 0 Å². The maximum atomic E-state index is 5.50. The molecule has 5 nitrogen and oxygen atoms in total. The Bertz CT molecular complexity index is 602. The number of rotatable bonds is 2. The first-order valence-electron chi connectivity index (χ1n) is 6.73. The minimum atomic E-state index is 0.246. The Balaban J connectivity index is 1.65. The highest BCUT2D eigenvalue weighted by atomic mass is 16.5. The minimum Gasteiger partial charge on any atom is -0.493 e. The van der Waals surface area contributed by atoms with E-state index in [-0.39, 0.29) is 6.04 Å². The van der Waals surface area contributed by atoms with E-state index in [9.17, 15) is 0 Å². The van der Waals surface area contributed by atoms with Gasteiger partial charge in [-0.05, 0) is 43.1 Å². The molecule has 1 saturated heterocycles. The molecule has 1 unspecified atom stereocenters. The van der Waals surface area contributed by atoms with E-state index in [0.29, 0.717) is 5.89 Å². The number of ether oxygens (including phenoxy) is 1. The summed E-state index contributed by atoms with van der Waals surface area (Å²) < 4.78 is 10.9. The van der Waals surface area contributed by atoms with Gasteiger partial charge in [0.1, 0.15) is 5.75 Å². The fraction of sp³-hybridized carbons (Fsp3) is 0.429. The second kappa shape index (κ2) is 4.35. The van der Waals surface area contributed by atoms with Gasteiger partial charge in [0, 0.05) is 12.0 Å². The maximum absolute atomic E-state index is 5.50. The van der Waals surface area contributed by atoms with Crippen molar-refractivity contribution in [3.05, 3.63) is 29.6 Å². The van der Waals surface area contributed by atoms with Gasteiger partial charge in [0.2, 0.25) is 0 Å². The normalized spacial score (nSPS) is 21.4. The van der Waals surface area contributed by atoms with Crippen LogP contribution in [0.4, 0.5) is 0 Å². The molecule has 0 radical (unpaired) electrons. The lowest BCUT2D eigenvalue weighted by molar-refractivity contribution is 0.357. The van der Waals surface area contributed by atoms with Crippen LogP contribution in [0.15, 0.2) is 22.7 Å². The molecule has 1 aromatic carbocycles. The summed E-state index contributed by atoms with van der Waals surface area (Å²) in [7, 11) is 0. The molecule has 1 fully saturated rings. The molecule has 0 spiro atoms. The van der Waals surface area contributed by atoms with E-state index in [0.717, 1.165) is 43.1 Å². The lowest BCUT2D eigenvalue weighted by Gasteiger charge is -2.02. The average Bonchev–Trinajstić information content (AvgIpc) is 3.18. The van der Waals surface area contributed by atoms with Gasteiger partial charge >= 0.3 is 0 Å². The van der Waals surface area contributed by atoms with Crippen LogP contribution in [0.1, 0.15) is 30.3 Å². The second-order valence-electron chi connectivity index (χ2n) is 5.03. The van der Waals surface area contributed by atoms with E-state index in [1.54, 1.807) is 0 Å². The Kier molecular flexibility index (Phi) is 2.51. The Morgan fingerprint density at radius 3 is 3.21 bits per heavy atom. The number of benzene rings is 1. The molecule has 1 atom stereocenters. The van der Waals surface area contributed by atoms with Gasteiger partial charge in [-0.15, -0.1) is 0 Å². The van der Waals surface area contributed by atoms with E-state index < -0.39 is 0 Å². The zero-order valence-corrected chi connectivity index (χ0v) is 10.6. The van der Waals surface area contributed by atoms with Gasteiger partial charge in [-0.3, -0.25) is 0 Å². The van der Waals surface area contributed by atoms with Crippen molar-refractivity contribution in [3.63, 3.8) is 0 Å². The molecule has 2 aromatic rings. The third-order valence-electron chi connectivity index (χ3n) is 3.75. The van der Waals surface area contributed by atoms with Gasteiger partial charge in [0.15, 0.2) is 5.82 Å². The van der Waals surface area contributed by atoms with Crippen LogP contribution < -0.4 is 10.1 Å². The highest BCUT2D eigenvalue weighted by Gasteiger charge is 2.22. The monoisotopic (exact) mass is 257 g/mol. The van der Waals surface area contributed by atoms with Crippen LogP contribution in [0.3, 0.4) is 0 Å². The van der Waals surface area contributed by atoms with Gasteiger partial charge in [-0.2, -0.15) is 4.98 Å². The first kappa shape index (κ1) is 11.0. The second-order valence-corrected chi connectivity index (χ2v) is 5.03. The summed E-state index contributed by atoms with van der Waals surface area (Å²) in [4.78, 5) is 4.51. The molecule has 0 amide bonds. The summed E-state index contributed by atoms with van der Waals surface area (Å²) in [6, 6.07) is 6.29. The molecule has 19 heavy (non-hydrogen) atoms. The molecule has 4 rings (SSSR count). The van der Waals surface area contributed by atoms with Crippen molar-refractivity contribution in [2.24, 2.45) is 0 Å². The fourth-order valence-corrected chi connectivity index (χ4v) is 2.72. The molecular formula is C14H15N3O2. The Labute approximate surface area is 111 Å². The highest BCUT2D eigenvalue weighted by Crippen LogP contribution is 2.30. The number of aromatic nitrogens is 2. The number of hydrogen-bond donors (Lipinski definition) is 1. The molecule has 0 saturated carbocycles. The number of fused-ring (bicyclic) bond motifs is 1. The van der Waals surface area contributed by atoms with Gasteiger partial charge in [-0.1, -0.05) is 5.16 Å². The average molecular weight is 257 g/mol. The van der Waals surface area contributed by atoms with Crippen molar-refractivity contribution >= 4 is 0 Å². The summed E-state index contributed by atoms with van der Waals surface area (Å²) in [5, 5.41) is 7.46. The van der Waals surface area contributed by atoms with Crippen LogP contribution in [-0.4, -0.2) is 23.3 Å². The van der Waals surface area contributed by atoms with Gasteiger partial charge < -0.3 is 14.6 Å². The lowest BCUT2D eigenvalue weighted by atomic mass is 10.1. The zero-order chi connectivity index (χ0) is 12.7. The molecule has 1 aromatic heterocycles. The highest BCUT2D eigenvalue weighted by molar-refractivity contribution is 5.58. The van der Waals surface area contributed by atoms with Gasteiger partial charge in [0.25, 0.3) is 5.89 Å². The molecule has 5 heteroatoms. The largest absolute Gasteiger partial charge is 0.493 e. The van der Waals surface area contributed by atoms with Crippen molar-refractivity contribution in [2.45, 2.75) is 25.3 Å². The van der Waals surface area contributed by atoms with E-state index in [2.05, 4.69) is 21.5 Å². The predicted molar refractivity (Wildman–Crippen MR) is 68.9 cm³/mol. The SMILES string of the molecule is c1cc2c(cc1-c1nc(C3CCCN3)no1)CCO2. The van der Waals surface area contributed by atoms with Crippen LogP contribution in [0.5, 0.6) is 5.75 Å². The zero-order valence-electron chi connectivity index (χ0n) is 10.6. The topological polar surface area (TPSA) is 60.2 Å². The number of nitrogens with one attached hydrogen (secondary N) is 1. The Hall–Kier alpha value is -1.88. The van der Waals surface area contributed by atoms with Crippen LogP contribution in [0.25, 0.3) is 11.5 Å². The first-order chi connectivity index (χ1) is 9.40. The van der Waals surface area contributed by atoms with Crippen LogP contribution in [0, 0.1) is 0 Å². The molecule has 2 aliphatic heterocycles. The smallest absolute Gasteiger partial charge is 0.257 e. The summed E-state index contributed by atoms with van der Waals surface area (Å²) in [6.07, 6.45) is 3.20. The third kappa shape index (κ3) is 1.90. The summed E-state index contributed by atoms with van der Waals surface area (Å²) >= 11 is 0. The maximum Gasteiger partial charge on any atom is 0.257 e. The Morgan fingerprint density at radius 2 is 2.32 bits per heavy atom. The molecule has 0 bridgehead atoms. The Morgan fingerprint density at radius 1 is 1.32 bits per heavy atom. The van der Waals surface area contributed by atoms with Crippen molar-refractivity contribution in [2.75, 3.05) is 13.2 Å². The lowest BCUT2D eigenvalue weighted by Crippen LogP contribution is -2.14. The van der Waals surface area contributed by atoms with E-state index in [1.807, 2.05) is 12.1 Å². The fourth-order valence-electron chi connectivity index (χ4n) is 2.72. The minimum absolute atomic E-state index is 0.246. The van der Waals surface area contributed by atoms with Crippen molar-refractivity contribution in [1.29, 1.82) is 0 Å². The number of hydrogen-bond acceptors (Lipinski definition) is 5. The summed E-state index contributed by atoms with van der Waals surface area (Å²) in [5.41, 5.74) is 2.19. The van der Waals surface area contributed by atoms with Gasteiger partial charge in [-0.25, -0.2) is 0 Å². The quantitative estimate of drug-likeness (QED) is 0.892. The van der Waals surface area contributed by atoms with Crippen molar-refractivity contribution in [1.82, 2.24) is 15.5 Å². The number of nitrogens with zero attached hydrogens (tertiary/aromatic N) is 2. The van der Waals surface area contributed by atoms with E-state index in [4.69, 9.17) is 9.26 Å². The van der Waals surface area contributed by atoms with Crippen LogP contribution >= 0.6 is 0 Å². The van der Waals surface area contributed by atoms with E-state index in [1.165, 1.54) is 12.0 Å².